The summed E-state index contributed by atoms with van der Waals surface area (Å²) in [6, 6.07) is 61.5. The molecule has 246 valence electrons. The highest BCUT2D eigenvalue weighted by molar-refractivity contribution is 6.19. The Hall–Kier alpha value is -7.17. The average molecular weight is 676 g/mol. The van der Waals surface area contributed by atoms with Crippen LogP contribution in [0, 0.1) is 0 Å². The van der Waals surface area contributed by atoms with E-state index < -0.39 is 0 Å². The van der Waals surface area contributed by atoms with E-state index in [9.17, 15) is 0 Å². The summed E-state index contributed by atoms with van der Waals surface area (Å²) < 4.78 is 6.50. The first-order valence-electron chi connectivity index (χ1n) is 17.9. The third-order valence-corrected chi connectivity index (χ3v) is 10.5. The lowest BCUT2D eigenvalue weighted by atomic mass is 9.93. The van der Waals surface area contributed by atoms with Crippen LogP contribution in [-0.4, -0.2) is 15.0 Å². The number of rotatable bonds is 5. The van der Waals surface area contributed by atoms with Crippen molar-refractivity contribution < 1.29 is 4.42 Å². The van der Waals surface area contributed by atoms with Gasteiger partial charge in [0.2, 0.25) is 0 Å². The predicted octanol–water partition coefficient (Wildman–Crippen LogP) is 12.9. The van der Waals surface area contributed by atoms with E-state index in [1.807, 2.05) is 48.5 Å². The van der Waals surface area contributed by atoms with Gasteiger partial charge in [-0.2, -0.15) is 0 Å². The summed E-state index contributed by atoms with van der Waals surface area (Å²) in [6.45, 7) is 0. The van der Waals surface area contributed by atoms with Crippen molar-refractivity contribution in [2.45, 2.75) is 0 Å². The van der Waals surface area contributed by atoms with Crippen molar-refractivity contribution in [3.63, 3.8) is 0 Å². The van der Waals surface area contributed by atoms with Gasteiger partial charge in [-0.05, 0) is 73.5 Å². The van der Waals surface area contributed by atoms with E-state index in [2.05, 4.69) is 127 Å². The molecule has 10 aromatic rings. The maximum atomic E-state index is 6.50. The molecule has 0 saturated carbocycles. The van der Waals surface area contributed by atoms with Gasteiger partial charge in [-0.1, -0.05) is 158 Å². The Morgan fingerprint density at radius 2 is 0.811 bits per heavy atom. The van der Waals surface area contributed by atoms with Crippen LogP contribution in [-0.2, 0) is 0 Å². The standard InChI is InChI=1S/C49H29N3O/c1-3-11-30(12-4-1)31-21-23-33(24-22-31)48-50-47(32-13-5-2-6-14-32)51-49(52-48)41-19-10-20-44-46(41)42-29-34(25-28-43(42)53-44)35-26-27-40-37-16-8-7-15-36(37)39-18-9-17-38(35)45(39)40/h1-29H. The van der Waals surface area contributed by atoms with Crippen molar-refractivity contribution in [2.24, 2.45) is 0 Å². The lowest BCUT2D eigenvalue weighted by Gasteiger charge is -2.11. The lowest BCUT2D eigenvalue weighted by molar-refractivity contribution is 0.669. The molecule has 1 aliphatic carbocycles. The molecule has 0 atom stereocenters. The molecule has 4 nitrogen and oxygen atoms in total. The number of furan rings is 1. The molecular formula is C49H29N3O. The fourth-order valence-electron chi connectivity index (χ4n) is 8.03. The Morgan fingerprint density at radius 3 is 1.57 bits per heavy atom. The molecule has 1 aliphatic rings. The fourth-order valence-corrected chi connectivity index (χ4v) is 8.03. The predicted molar refractivity (Wildman–Crippen MR) is 216 cm³/mol. The van der Waals surface area contributed by atoms with Gasteiger partial charge in [0.15, 0.2) is 17.5 Å². The van der Waals surface area contributed by atoms with Gasteiger partial charge in [-0.15, -0.1) is 0 Å². The average Bonchev–Trinajstić information content (AvgIpc) is 3.78. The zero-order valence-electron chi connectivity index (χ0n) is 28.5. The molecule has 4 heteroatoms. The lowest BCUT2D eigenvalue weighted by Crippen LogP contribution is -2.00. The Balaban J connectivity index is 1.09. The second-order valence-electron chi connectivity index (χ2n) is 13.5. The van der Waals surface area contributed by atoms with Crippen LogP contribution in [0.5, 0.6) is 0 Å². The topological polar surface area (TPSA) is 51.8 Å². The highest BCUT2D eigenvalue weighted by atomic mass is 16.3. The van der Waals surface area contributed by atoms with E-state index in [0.29, 0.717) is 17.5 Å². The maximum Gasteiger partial charge on any atom is 0.164 e. The largest absolute Gasteiger partial charge is 0.456 e. The van der Waals surface area contributed by atoms with Gasteiger partial charge in [0.25, 0.3) is 0 Å². The van der Waals surface area contributed by atoms with Crippen molar-refractivity contribution in [2.75, 3.05) is 0 Å². The van der Waals surface area contributed by atoms with Gasteiger partial charge in [0.05, 0.1) is 0 Å². The summed E-state index contributed by atoms with van der Waals surface area (Å²) >= 11 is 0. The quantitative estimate of drug-likeness (QED) is 0.182. The van der Waals surface area contributed by atoms with E-state index in [1.165, 1.54) is 44.2 Å². The summed E-state index contributed by atoms with van der Waals surface area (Å²) in [5.41, 5.74) is 14.2. The Kier molecular flexibility index (Phi) is 6.52. The fraction of sp³-hybridized carbons (Fsp3) is 0. The van der Waals surface area contributed by atoms with E-state index in [0.717, 1.165) is 49.8 Å². The second kappa shape index (κ2) is 11.7. The first-order chi connectivity index (χ1) is 26.3. The molecule has 2 aromatic heterocycles. The minimum Gasteiger partial charge on any atom is -0.456 e. The highest BCUT2D eigenvalue weighted by Crippen LogP contribution is 2.49. The highest BCUT2D eigenvalue weighted by Gasteiger charge is 2.23. The van der Waals surface area contributed by atoms with Gasteiger partial charge in [0, 0.05) is 27.5 Å². The van der Waals surface area contributed by atoms with Crippen LogP contribution < -0.4 is 0 Å². The summed E-state index contributed by atoms with van der Waals surface area (Å²) in [7, 11) is 0. The molecule has 0 bridgehead atoms. The smallest absolute Gasteiger partial charge is 0.164 e. The van der Waals surface area contributed by atoms with E-state index in [4.69, 9.17) is 19.4 Å². The van der Waals surface area contributed by atoms with Crippen molar-refractivity contribution in [3.05, 3.63) is 176 Å². The molecule has 0 unspecified atom stereocenters. The summed E-state index contributed by atoms with van der Waals surface area (Å²) in [5, 5.41) is 4.57. The van der Waals surface area contributed by atoms with Gasteiger partial charge in [-0.3, -0.25) is 0 Å². The number of nitrogens with zero attached hydrogens (tertiary/aromatic N) is 3. The number of hydrogen-bond donors (Lipinski definition) is 0. The number of benzene rings is 8. The van der Waals surface area contributed by atoms with Gasteiger partial charge < -0.3 is 4.42 Å². The monoisotopic (exact) mass is 675 g/mol. The van der Waals surface area contributed by atoms with Crippen molar-refractivity contribution >= 4 is 32.7 Å². The van der Waals surface area contributed by atoms with Gasteiger partial charge >= 0.3 is 0 Å². The summed E-state index contributed by atoms with van der Waals surface area (Å²) in [5.74, 6) is 1.84. The third kappa shape index (κ3) is 4.73. The van der Waals surface area contributed by atoms with Crippen LogP contribution in [0.1, 0.15) is 0 Å². The van der Waals surface area contributed by atoms with E-state index >= 15 is 0 Å². The minimum atomic E-state index is 0.600. The van der Waals surface area contributed by atoms with Crippen LogP contribution in [0.2, 0.25) is 0 Å². The van der Waals surface area contributed by atoms with Crippen LogP contribution in [0.15, 0.2) is 180 Å². The van der Waals surface area contributed by atoms with Crippen LogP contribution >= 0.6 is 0 Å². The van der Waals surface area contributed by atoms with Crippen molar-refractivity contribution in [1.29, 1.82) is 0 Å². The summed E-state index contributed by atoms with van der Waals surface area (Å²) in [6.07, 6.45) is 0. The molecule has 53 heavy (non-hydrogen) atoms. The molecule has 2 heterocycles. The minimum absolute atomic E-state index is 0.600. The number of fused-ring (bicyclic) bond motifs is 6. The Morgan fingerprint density at radius 1 is 0.283 bits per heavy atom. The molecule has 8 aromatic carbocycles. The second-order valence-corrected chi connectivity index (χ2v) is 13.5. The molecule has 0 radical (unpaired) electrons. The normalized spacial score (nSPS) is 11.8. The third-order valence-electron chi connectivity index (χ3n) is 10.5. The molecule has 0 amide bonds. The zero-order valence-corrected chi connectivity index (χ0v) is 28.5. The van der Waals surface area contributed by atoms with Crippen LogP contribution in [0.3, 0.4) is 0 Å². The summed E-state index contributed by atoms with van der Waals surface area (Å²) in [4.78, 5) is 15.3. The Labute approximate surface area is 305 Å². The molecule has 11 rings (SSSR count). The molecule has 0 saturated heterocycles. The molecule has 0 N–H and O–H groups in total. The SMILES string of the molecule is c1ccc(-c2ccc(-c3nc(-c4ccccc4)nc(-c4cccc5oc6ccc(-c7ccc8c9c(cccc79)-c7ccccc7-8)cc6c45)n3)cc2)cc1. The molecule has 0 fully saturated rings. The first kappa shape index (κ1) is 29.5. The van der Waals surface area contributed by atoms with Gasteiger partial charge in [0.1, 0.15) is 11.2 Å². The molecule has 0 aliphatic heterocycles. The molecular weight excluding hydrogens is 647 g/mol. The van der Waals surface area contributed by atoms with Crippen LogP contribution in [0.4, 0.5) is 0 Å². The molecule has 0 spiro atoms. The van der Waals surface area contributed by atoms with Crippen molar-refractivity contribution in [1.82, 2.24) is 15.0 Å². The van der Waals surface area contributed by atoms with Crippen molar-refractivity contribution in [3.8, 4) is 78.7 Å². The Bertz CT molecular complexity index is 3010. The van der Waals surface area contributed by atoms with E-state index in [-0.39, 0.29) is 0 Å². The van der Waals surface area contributed by atoms with Gasteiger partial charge in [-0.25, -0.2) is 15.0 Å². The van der Waals surface area contributed by atoms with E-state index in [1.54, 1.807) is 0 Å². The van der Waals surface area contributed by atoms with Crippen LogP contribution in [0.25, 0.3) is 111 Å². The number of aromatic nitrogens is 3. The number of hydrogen-bond acceptors (Lipinski definition) is 4. The zero-order chi connectivity index (χ0) is 34.9. The maximum absolute atomic E-state index is 6.50. The first-order valence-corrected chi connectivity index (χ1v) is 17.9.